The average Bonchev–Trinajstić information content (AvgIpc) is 3.42. The monoisotopic (exact) mass is 693 g/mol. The zero-order valence-electron chi connectivity index (χ0n) is 27.5. The summed E-state index contributed by atoms with van der Waals surface area (Å²) in [4.78, 5) is 53.2. The van der Waals surface area contributed by atoms with Gasteiger partial charge >= 0.3 is 12.0 Å². The summed E-state index contributed by atoms with van der Waals surface area (Å²) in [7, 11) is -2.19. The second-order valence-corrected chi connectivity index (χ2v) is 16.5. The van der Waals surface area contributed by atoms with Crippen molar-refractivity contribution < 1.29 is 32.7 Å². The summed E-state index contributed by atoms with van der Waals surface area (Å²) in [6.45, 7) is 3.83. The second-order valence-electron chi connectivity index (χ2n) is 13.2. The molecule has 0 bridgehead atoms. The highest BCUT2D eigenvalue weighted by Gasteiger charge is 2.61. The molecule has 3 fully saturated rings. The number of rotatable bonds is 18. The van der Waals surface area contributed by atoms with Crippen LogP contribution in [0.3, 0.4) is 0 Å². The SMILES string of the molecule is C=CCCCCCCC1C[C@]1(NC(=O)[C@@H]1CCCN1C(=O)CNC(=O)NC(CN(C)S(=O)(=O)c1cccs1)C1CCCCC1)C(=O)O. The van der Waals surface area contributed by atoms with E-state index in [9.17, 15) is 32.7 Å². The molecular weight excluding hydrogens is 643 g/mol. The van der Waals surface area contributed by atoms with Gasteiger partial charge in [-0.1, -0.05) is 50.7 Å². The summed E-state index contributed by atoms with van der Waals surface area (Å²) in [6, 6.07) is 1.42. The number of carbonyl (C=O) groups is 4. The van der Waals surface area contributed by atoms with E-state index in [0.717, 1.165) is 82.0 Å². The van der Waals surface area contributed by atoms with Gasteiger partial charge in [0.05, 0.1) is 6.54 Å². The normalized spacial score (nSPS) is 23.7. The first-order chi connectivity index (χ1) is 22.5. The number of amides is 4. The molecule has 2 heterocycles. The quantitative estimate of drug-likeness (QED) is 0.133. The fourth-order valence-electron chi connectivity index (χ4n) is 7.09. The lowest BCUT2D eigenvalue weighted by molar-refractivity contribution is -0.145. The number of nitrogens with one attached hydrogen (secondary N) is 3. The highest BCUT2D eigenvalue weighted by Crippen LogP contribution is 2.47. The van der Waals surface area contributed by atoms with E-state index in [1.165, 1.54) is 16.3 Å². The lowest BCUT2D eigenvalue weighted by atomic mass is 9.84. The summed E-state index contributed by atoms with van der Waals surface area (Å²) in [6.07, 6.45) is 13.9. The molecule has 0 spiro atoms. The van der Waals surface area contributed by atoms with Crippen LogP contribution in [-0.2, 0) is 24.4 Å². The molecular formula is C33H51N5O7S2. The van der Waals surface area contributed by atoms with Gasteiger partial charge in [0, 0.05) is 26.2 Å². The lowest BCUT2D eigenvalue weighted by Crippen LogP contribution is -2.55. The molecule has 4 N–H and O–H groups in total. The molecule has 4 atom stereocenters. The predicted molar refractivity (Wildman–Crippen MR) is 180 cm³/mol. The number of likely N-dealkylation sites (N-methyl/N-ethyl adjacent to an activating group) is 1. The number of sulfonamides is 1. The van der Waals surface area contributed by atoms with Crippen LogP contribution in [0.1, 0.15) is 89.9 Å². The molecule has 12 nitrogen and oxygen atoms in total. The summed E-state index contributed by atoms with van der Waals surface area (Å²) in [5, 5.41) is 20.0. The Morgan fingerprint density at radius 3 is 2.55 bits per heavy atom. The first-order valence-electron chi connectivity index (χ1n) is 17.0. The number of likely N-dealkylation sites (tertiary alicyclic amines) is 1. The van der Waals surface area contributed by atoms with Crippen LogP contribution in [-0.4, -0.2) is 90.8 Å². The van der Waals surface area contributed by atoms with Gasteiger partial charge in [-0.05, 0) is 74.6 Å². The van der Waals surface area contributed by atoms with E-state index in [2.05, 4.69) is 22.5 Å². The topological polar surface area (TPSA) is 165 Å². The minimum atomic E-state index is -3.70. The number of hydrogen-bond acceptors (Lipinski definition) is 7. The summed E-state index contributed by atoms with van der Waals surface area (Å²) >= 11 is 1.14. The maximum absolute atomic E-state index is 13.3. The van der Waals surface area contributed by atoms with Crippen molar-refractivity contribution in [2.24, 2.45) is 11.8 Å². The summed E-state index contributed by atoms with van der Waals surface area (Å²) < 4.78 is 27.7. The zero-order chi connectivity index (χ0) is 34.0. The number of carbonyl (C=O) groups excluding carboxylic acids is 3. The molecule has 1 aromatic heterocycles. The molecule has 1 aliphatic heterocycles. The van der Waals surface area contributed by atoms with E-state index in [1.807, 2.05) is 6.08 Å². The van der Waals surface area contributed by atoms with Crippen LogP contribution in [0.15, 0.2) is 34.4 Å². The Morgan fingerprint density at radius 1 is 1.13 bits per heavy atom. The molecule has 262 valence electrons. The molecule has 2 saturated carbocycles. The van der Waals surface area contributed by atoms with Crippen molar-refractivity contribution in [3.8, 4) is 0 Å². The van der Waals surface area contributed by atoms with Gasteiger partial charge in [0.2, 0.25) is 11.8 Å². The molecule has 0 radical (unpaired) electrons. The van der Waals surface area contributed by atoms with Crippen molar-refractivity contribution in [3.63, 3.8) is 0 Å². The minimum Gasteiger partial charge on any atom is -0.479 e. The summed E-state index contributed by atoms with van der Waals surface area (Å²) in [5.41, 5.74) is -1.29. The van der Waals surface area contributed by atoms with E-state index in [4.69, 9.17) is 0 Å². The number of nitrogens with zero attached hydrogens (tertiary/aromatic N) is 2. The minimum absolute atomic E-state index is 0.0995. The Hall–Kier alpha value is -2.97. The van der Waals surface area contributed by atoms with Gasteiger partial charge < -0.3 is 26.0 Å². The molecule has 1 saturated heterocycles. The number of unbranched alkanes of at least 4 members (excludes halogenated alkanes) is 4. The zero-order valence-corrected chi connectivity index (χ0v) is 29.1. The first-order valence-corrected chi connectivity index (χ1v) is 19.3. The number of aliphatic carboxylic acids is 1. The van der Waals surface area contributed by atoms with Gasteiger partial charge in [0.1, 0.15) is 15.8 Å². The third-order valence-corrected chi connectivity index (χ3v) is 13.2. The number of urea groups is 1. The molecule has 1 aromatic rings. The Bertz CT molecular complexity index is 1350. The maximum atomic E-state index is 13.3. The van der Waals surface area contributed by atoms with E-state index in [1.54, 1.807) is 17.5 Å². The molecule has 0 aromatic carbocycles. The van der Waals surface area contributed by atoms with Crippen LogP contribution in [0.4, 0.5) is 4.79 Å². The number of carboxylic acids is 1. The fraction of sp³-hybridized carbons (Fsp3) is 0.697. The number of carboxylic acid groups (broad SMARTS) is 1. The number of allylic oxidation sites excluding steroid dienone is 1. The van der Waals surface area contributed by atoms with Crippen LogP contribution in [0.5, 0.6) is 0 Å². The molecule has 2 unspecified atom stereocenters. The van der Waals surface area contributed by atoms with Crippen LogP contribution < -0.4 is 16.0 Å². The molecule has 2 aliphatic carbocycles. The molecule has 3 aliphatic rings. The Morgan fingerprint density at radius 2 is 1.87 bits per heavy atom. The van der Waals surface area contributed by atoms with Gasteiger partial charge in [-0.2, -0.15) is 4.31 Å². The van der Waals surface area contributed by atoms with Crippen molar-refractivity contribution >= 4 is 45.2 Å². The molecule has 47 heavy (non-hydrogen) atoms. The van der Waals surface area contributed by atoms with E-state index >= 15 is 0 Å². The van der Waals surface area contributed by atoms with E-state index in [-0.39, 0.29) is 29.1 Å². The highest BCUT2D eigenvalue weighted by molar-refractivity contribution is 7.91. The third-order valence-electron chi connectivity index (χ3n) is 9.97. The van der Waals surface area contributed by atoms with Crippen LogP contribution in [0.2, 0.25) is 0 Å². The average molecular weight is 694 g/mol. The van der Waals surface area contributed by atoms with Gasteiger partial charge in [-0.25, -0.2) is 18.0 Å². The molecule has 4 rings (SSSR count). The number of thiophene rings is 1. The van der Waals surface area contributed by atoms with Crippen molar-refractivity contribution in [3.05, 3.63) is 30.2 Å². The third kappa shape index (κ3) is 9.56. The first kappa shape index (κ1) is 36.9. The highest BCUT2D eigenvalue weighted by atomic mass is 32.2. The van der Waals surface area contributed by atoms with Gasteiger partial charge in [0.25, 0.3) is 10.0 Å². The smallest absolute Gasteiger partial charge is 0.329 e. The fourth-order valence-corrected chi connectivity index (χ4v) is 9.48. The van der Waals surface area contributed by atoms with Crippen molar-refractivity contribution in [2.45, 2.75) is 112 Å². The Labute approximate surface area is 282 Å². The maximum Gasteiger partial charge on any atom is 0.329 e. The van der Waals surface area contributed by atoms with Crippen molar-refractivity contribution in [1.82, 2.24) is 25.2 Å². The van der Waals surface area contributed by atoms with E-state index < -0.39 is 51.5 Å². The summed E-state index contributed by atoms with van der Waals surface area (Å²) in [5.74, 6) is -1.97. The largest absolute Gasteiger partial charge is 0.479 e. The lowest BCUT2D eigenvalue weighted by Gasteiger charge is -2.33. The van der Waals surface area contributed by atoms with Crippen LogP contribution in [0, 0.1) is 11.8 Å². The predicted octanol–water partition coefficient (Wildman–Crippen LogP) is 4.09. The van der Waals surface area contributed by atoms with Gasteiger partial charge in [-0.15, -0.1) is 17.9 Å². The Kier molecular flexibility index (Phi) is 13.3. The van der Waals surface area contributed by atoms with Gasteiger partial charge in [-0.3, -0.25) is 9.59 Å². The van der Waals surface area contributed by atoms with Crippen LogP contribution >= 0.6 is 11.3 Å². The van der Waals surface area contributed by atoms with Crippen molar-refractivity contribution in [2.75, 3.05) is 26.7 Å². The second kappa shape index (κ2) is 16.9. The molecule has 14 heteroatoms. The Balaban J connectivity index is 1.29. The van der Waals surface area contributed by atoms with Crippen LogP contribution in [0.25, 0.3) is 0 Å². The van der Waals surface area contributed by atoms with Gasteiger partial charge in [0.15, 0.2) is 0 Å². The number of hydrogen-bond donors (Lipinski definition) is 4. The van der Waals surface area contributed by atoms with Crippen molar-refractivity contribution in [1.29, 1.82) is 0 Å². The standard InChI is InChI=1S/C33H51N5O7S2/c1-3-4-5-6-7-11-16-25-21-33(25,31(41)42)36-30(40)27-17-12-19-38(27)28(39)22-34-32(43)35-26(24-14-9-8-10-15-24)23-37(2)47(44,45)29-18-13-20-46-29/h3,13,18,20,24-27H,1,4-12,14-17,19,21-23H2,2H3,(H,36,40)(H,41,42)(H2,34,35,43)/t25?,26?,27-,33+/m0/s1. The van der Waals surface area contributed by atoms with E-state index in [0.29, 0.717) is 25.8 Å². The molecule has 4 amide bonds.